The number of carbonyl (C=O) groups excluding carboxylic acids is 1. The molecule has 0 aliphatic carbocycles. The first-order chi connectivity index (χ1) is 11.0. The maximum atomic E-state index is 14.2. The van der Waals surface area contributed by atoms with E-state index in [0.29, 0.717) is 37.6 Å². The Morgan fingerprint density at radius 3 is 2.65 bits per heavy atom. The van der Waals surface area contributed by atoms with E-state index in [2.05, 4.69) is 5.32 Å². The third kappa shape index (κ3) is 5.09. The van der Waals surface area contributed by atoms with Gasteiger partial charge < -0.3 is 10.1 Å². The highest BCUT2D eigenvalue weighted by Gasteiger charge is 2.31. The molecular formula is C16H23FN2O3S. The topological polar surface area (TPSA) is 58.6 Å². The molecule has 0 spiro atoms. The molecule has 0 unspecified atom stereocenters. The van der Waals surface area contributed by atoms with Crippen LogP contribution in [0.5, 0.6) is 0 Å². The number of hydrogen-bond acceptors (Lipinski definition) is 4. The van der Waals surface area contributed by atoms with Gasteiger partial charge in [-0.05, 0) is 13.0 Å². The molecule has 1 aliphatic rings. The third-order valence-corrected chi connectivity index (χ3v) is 4.70. The Morgan fingerprint density at radius 2 is 2.04 bits per heavy atom. The molecule has 0 bridgehead atoms. The Labute approximate surface area is 138 Å². The number of morpholine rings is 1. The van der Waals surface area contributed by atoms with Crippen molar-refractivity contribution in [2.75, 3.05) is 38.3 Å². The first-order valence-electron chi connectivity index (χ1n) is 7.65. The molecule has 1 N–H and O–H groups in total. The van der Waals surface area contributed by atoms with Gasteiger partial charge in [-0.1, -0.05) is 18.2 Å². The molecule has 0 saturated carbocycles. The molecule has 0 aromatic heterocycles. The highest BCUT2D eigenvalue weighted by molar-refractivity contribution is 7.84. The molecular weight excluding hydrogens is 319 g/mol. The molecule has 1 aliphatic heterocycles. The smallest absolute Gasteiger partial charge is 0.242 e. The zero-order valence-corrected chi connectivity index (χ0v) is 14.3. The Balaban J connectivity index is 2.20. The summed E-state index contributed by atoms with van der Waals surface area (Å²) in [7, 11) is -1.00. The summed E-state index contributed by atoms with van der Waals surface area (Å²) in [6.07, 6.45) is 1.60. The number of halogens is 1. The van der Waals surface area contributed by atoms with Gasteiger partial charge in [-0.3, -0.25) is 13.9 Å². The van der Waals surface area contributed by atoms with E-state index in [9.17, 15) is 13.4 Å². The predicted molar refractivity (Wildman–Crippen MR) is 88.1 cm³/mol. The van der Waals surface area contributed by atoms with E-state index in [1.54, 1.807) is 31.4 Å². The van der Waals surface area contributed by atoms with Crippen LogP contribution in [0.1, 0.15) is 18.5 Å². The van der Waals surface area contributed by atoms with E-state index in [1.807, 2.05) is 4.90 Å². The van der Waals surface area contributed by atoms with Crippen LogP contribution in [-0.2, 0) is 20.3 Å². The summed E-state index contributed by atoms with van der Waals surface area (Å²) in [4.78, 5) is 14.7. The summed E-state index contributed by atoms with van der Waals surface area (Å²) >= 11 is 0. The second kappa shape index (κ2) is 8.52. The largest absolute Gasteiger partial charge is 0.379 e. The van der Waals surface area contributed by atoms with Crippen molar-refractivity contribution in [1.82, 2.24) is 10.2 Å². The Hall–Kier alpha value is -1.31. The maximum Gasteiger partial charge on any atom is 0.242 e. The fraction of sp³-hybridized carbons (Fsp3) is 0.562. The Bertz CT molecular complexity index is 564. The van der Waals surface area contributed by atoms with Crippen LogP contribution in [-0.4, -0.2) is 59.4 Å². The van der Waals surface area contributed by atoms with Gasteiger partial charge in [0.15, 0.2) is 0 Å². The molecule has 0 radical (unpaired) electrons. The van der Waals surface area contributed by atoms with Crippen molar-refractivity contribution < 1.29 is 18.1 Å². The molecule has 1 aromatic carbocycles. The molecule has 5 nitrogen and oxygen atoms in total. The second-order valence-electron chi connectivity index (χ2n) is 5.72. The standard InChI is InChI=1S/C16H23FN2O3S/c1-12(11-23(2)21)18-16(20)15(19-7-9-22-10-8-19)13-5-3-4-6-14(13)17/h3-6,12,15H,7-11H2,1-2H3,(H,18,20)/t12-,15+,23+/m1/s1. The lowest BCUT2D eigenvalue weighted by atomic mass is 10.0. The highest BCUT2D eigenvalue weighted by Crippen LogP contribution is 2.24. The second-order valence-corrected chi connectivity index (χ2v) is 7.20. The number of amides is 1. The molecule has 3 atom stereocenters. The van der Waals surface area contributed by atoms with Gasteiger partial charge in [0.1, 0.15) is 11.9 Å². The minimum Gasteiger partial charge on any atom is -0.379 e. The van der Waals surface area contributed by atoms with Crippen molar-refractivity contribution in [2.45, 2.75) is 19.0 Å². The van der Waals surface area contributed by atoms with Gasteiger partial charge in [-0.25, -0.2) is 4.39 Å². The summed E-state index contributed by atoms with van der Waals surface area (Å²) in [6, 6.07) is 5.40. The maximum absolute atomic E-state index is 14.2. The van der Waals surface area contributed by atoms with Gasteiger partial charge in [0, 0.05) is 47.5 Å². The van der Waals surface area contributed by atoms with E-state index < -0.39 is 22.7 Å². The third-order valence-electron chi connectivity index (χ3n) is 3.73. The van der Waals surface area contributed by atoms with Gasteiger partial charge in [-0.15, -0.1) is 0 Å². The van der Waals surface area contributed by atoms with Gasteiger partial charge in [0.05, 0.1) is 13.2 Å². The minimum absolute atomic E-state index is 0.233. The van der Waals surface area contributed by atoms with E-state index >= 15 is 0 Å². The number of hydrogen-bond donors (Lipinski definition) is 1. The number of rotatable bonds is 6. The van der Waals surface area contributed by atoms with E-state index in [1.165, 1.54) is 6.07 Å². The fourth-order valence-electron chi connectivity index (χ4n) is 2.75. The van der Waals surface area contributed by atoms with Crippen molar-refractivity contribution in [2.24, 2.45) is 0 Å². The van der Waals surface area contributed by atoms with Crippen molar-refractivity contribution >= 4 is 16.7 Å². The molecule has 1 amide bonds. The van der Waals surface area contributed by atoms with Crippen LogP contribution in [0.15, 0.2) is 24.3 Å². The van der Waals surface area contributed by atoms with Crippen molar-refractivity contribution in [3.8, 4) is 0 Å². The number of benzene rings is 1. The molecule has 1 aromatic rings. The lowest BCUT2D eigenvalue weighted by Crippen LogP contribution is -2.48. The number of ether oxygens (including phenoxy) is 1. The summed E-state index contributed by atoms with van der Waals surface area (Å²) in [5.74, 6) is -0.292. The first kappa shape index (κ1) is 18.0. The molecule has 1 heterocycles. The molecule has 23 heavy (non-hydrogen) atoms. The normalized spacial score (nSPS) is 19.8. The van der Waals surface area contributed by atoms with Crippen molar-refractivity contribution in [3.63, 3.8) is 0 Å². The molecule has 1 saturated heterocycles. The zero-order valence-electron chi connectivity index (χ0n) is 13.5. The quantitative estimate of drug-likeness (QED) is 0.841. The SMILES string of the molecule is C[C@H](C[S@](C)=O)NC(=O)[C@H](c1ccccc1F)N1CCOCC1. The Kier molecular flexibility index (Phi) is 6.68. The molecule has 7 heteroatoms. The average molecular weight is 342 g/mol. The van der Waals surface area contributed by atoms with Crippen LogP contribution >= 0.6 is 0 Å². The summed E-state index contributed by atoms with van der Waals surface area (Å²) in [6.45, 7) is 3.98. The van der Waals surface area contributed by atoms with Crippen molar-refractivity contribution in [3.05, 3.63) is 35.6 Å². The van der Waals surface area contributed by atoms with Gasteiger partial charge in [-0.2, -0.15) is 0 Å². The van der Waals surface area contributed by atoms with Crippen LogP contribution in [0, 0.1) is 5.82 Å². The summed E-state index contributed by atoms with van der Waals surface area (Å²) in [5, 5.41) is 2.85. The zero-order chi connectivity index (χ0) is 16.8. The lowest BCUT2D eigenvalue weighted by molar-refractivity contribution is -0.129. The first-order valence-corrected chi connectivity index (χ1v) is 9.38. The summed E-state index contributed by atoms with van der Waals surface area (Å²) in [5.41, 5.74) is 0.358. The minimum atomic E-state index is -1.00. The van der Waals surface area contributed by atoms with Crippen LogP contribution in [0.3, 0.4) is 0 Å². The molecule has 1 fully saturated rings. The highest BCUT2D eigenvalue weighted by atomic mass is 32.2. The lowest BCUT2D eigenvalue weighted by Gasteiger charge is -2.34. The van der Waals surface area contributed by atoms with Crippen LogP contribution in [0.2, 0.25) is 0 Å². The monoisotopic (exact) mass is 342 g/mol. The van der Waals surface area contributed by atoms with Crippen LogP contribution in [0.25, 0.3) is 0 Å². The number of nitrogens with one attached hydrogen (secondary N) is 1. The molecule has 2 rings (SSSR count). The number of nitrogens with zero attached hydrogens (tertiary/aromatic N) is 1. The average Bonchev–Trinajstić information content (AvgIpc) is 2.49. The van der Waals surface area contributed by atoms with Gasteiger partial charge in [0.2, 0.25) is 5.91 Å². The Morgan fingerprint density at radius 1 is 1.39 bits per heavy atom. The van der Waals surface area contributed by atoms with Crippen molar-refractivity contribution in [1.29, 1.82) is 0 Å². The summed E-state index contributed by atoms with van der Waals surface area (Å²) < 4.78 is 30.8. The van der Waals surface area contributed by atoms with E-state index in [0.717, 1.165) is 0 Å². The number of carbonyl (C=O) groups is 1. The van der Waals surface area contributed by atoms with E-state index in [-0.39, 0.29) is 11.9 Å². The van der Waals surface area contributed by atoms with Crippen LogP contribution in [0.4, 0.5) is 4.39 Å². The fourth-order valence-corrected chi connectivity index (χ4v) is 3.54. The van der Waals surface area contributed by atoms with E-state index in [4.69, 9.17) is 4.74 Å². The van der Waals surface area contributed by atoms with Gasteiger partial charge >= 0.3 is 0 Å². The predicted octanol–water partition coefficient (Wildman–Crippen LogP) is 1.08. The van der Waals surface area contributed by atoms with Gasteiger partial charge in [0.25, 0.3) is 0 Å². The van der Waals surface area contributed by atoms with Crippen LogP contribution < -0.4 is 5.32 Å². The molecule has 128 valence electrons.